The number of rotatable bonds is 2. The zero-order valence-electron chi connectivity index (χ0n) is 7.91. The van der Waals surface area contributed by atoms with Crippen LogP contribution in [0.2, 0.25) is 5.02 Å². The molecule has 6 heteroatoms. The first-order chi connectivity index (χ1) is 7.65. The second-order valence-electron chi connectivity index (χ2n) is 2.93. The third kappa shape index (κ3) is 2.81. The molecule has 1 heterocycles. The van der Waals surface area contributed by atoms with Gasteiger partial charge in [0.2, 0.25) is 0 Å². The lowest BCUT2D eigenvalue weighted by Crippen LogP contribution is -2.11. The summed E-state index contributed by atoms with van der Waals surface area (Å²) in [6.45, 7) is 0. The van der Waals surface area contributed by atoms with Crippen molar-refractivity contribution >= 4 is 49.9 Å². The standard InChI is InChI=1S/C10H6BrClN2OS/c11-8-5-13-10(16-8)14-9(15)6-2-1-3-7(12)4-6/h1-5H,(H,13,14,15). The summed E-state index contributed by atoms with van der Waals surface area (Å²) in [5, 5.41) is 3.77. The zero-order valence-corrected chi connectivity index (χ0v) is 11.1. The predicted molar refractivity (Wildman–Crippen MR) is 69.2 cm³/mol. The molecule has 1 aromatic heterocycles. The Morgan fingerprint density at radius 1 is 1.50 bits per heavy atom. The second kappa shape index (κ2) is 4.95. The summed E-state index contributed by atoms with van der Waals surface area (Å²) in [4.78, 5) is 15.8. The molecule has 0 saturated carbocycles. The molecular formula is C10H6BrClN2OS. The van der Waals surface area contributed by atoms with Gasteiger partial charge in [0.1, 0.15) is 0 Å². The van der Waals surface area contributed by atoms with E-state index in [0.29, 0.717) is 15.7 Å². The molecule has 1 N–H and O–H groups in total. The highest BCUT2D eigenvalue weighted by atomic mass is 79.9. The molecule has 2 rings (SSSR count). The van der Waals surface area contributed by atoms with Crippen LogP contribution < -0.4 is 5.32 Å². The topological polar surface area (TPSA) is 42.0 Å². The van der Waals surface area contributed by atoms with E-state index in [0.717, 1.165) is 3.79 Å². The summed E-state index contributed by atoms with van der Waals surface area (Å²) in [5.41, 5.74) is 0.513. The van der Waals surface area contributed by atoms with E-state index in [9.17, 15) is 4.79 Å². The Hall–Kier alpha value is -0.910. The van der Waals surface area contributed by atoms with Crippen molar-refractivity contribution in [2.45, 2.75) is 0 Å². The summed E-state index contributed by atoms with van der Waals surface area (Å²) < 4.78 is 0.869. The van der Waals surface area contributed by atoms with E-state index >= 15 is 0 Å². The zero-order chi connectivity index (χ0) is 11.5. The number of halogens is 2. The van der Waals surface area contributed by atoms with Gasteiger partial charge < -0.3 is 0 Å². The molecule has 0 radical (unpaired) electrons. The van der Waals surface area contributed by atoms with Crippen molar-refractivity contribution in [1.29, 1.82) is 0 Å². The first-order valence-electron chi connectivity index (χ1n) is 4.33. The van der Waals surface area contributed by atoms with Gasteiger partial charge in [0.05, 0.1) is 9.98 Å². The third-order valence-electron chi connectivity index (χ3n) is 1.78. The van der Waals surface area contributed by atoms with Crippen molar-refractivity contribution in [1.82, 2.24) is 4.98 Å². The highest BCUT2D eigenvalue weighted by Crippen LogP contribution is 2.23. The molecule has 1 aromatic carbocycles. The van der Waals surface area contributed by atoms with Crippen LogP contribution in [0.25, 0.3) is 0 Å². The van der Waals surface area contributed by atoms with E-state index in [1.807, 2.05) is 0 Å². The molecule has 0 aliphatic heterocycles. The Kier molecular flexibility index (Phi) is 3.58. The normalized spacial score (nSPS) is 10.1. The van der Waals surface area contributed by atoms with E-state index < -0.39 is 0 Å². The van der Waals surface area contributed by atoms with Gasteiger partial charge in [-0.3, -0.25) is 10.1 Å². The largest absolute Gasteiger partial charge is 0.298 e. The van der Waals surface area contributed by atoms with E-state index in [-0.39, 0.29) is 5.91 Å². The molecule has 0 aliphatic rings. The molecule has 0 aliphatic carbocycles. The fourth-order valence-electron chi connectivity index (χ4n) is 1.11. The van der Waals surface area contributed by atoms with Crippen molar-refractivity contribution in [3.8, 4) is 0 Å². The van der Waals surface area contributed by atoms with E-state index in [1.54, 1.807) is 30.5 Å². The van der Waals surface area contributed by atoms with Gasteiger partial charge >= 0.3 is 0 Å². The summed E-state index contributed by atoms with van der Waals surface area (Å²) >= 11 is 10.4. The Bertz CT molecular complexity index is 529. The molecule has 16 heavy (non-hydrogen) atoms. The minimum atomic E-state index is -0.218. The number of hydrogen-bond donors (Lipinski definition) is 1. The number of nitrogens with one attached hydrogen (secondary N) is 1. The molecule has 3 nitrogen and oxygen atoms in total. The number of thiazole rings is 1. The molecule has 0 atom stereocenters. The van der Waals surface area contributed by atoms with Crippen molar-refractivity contribution in [3.05, 3.63) is 44.8 Å². The lowest BCUT2D eigenvalue weighted by molar-refractivity contribution is 0.102. The number of carbonyl (C=O) groups is 1. The van der Waals surface area contributed by atoms with Gasteiger partial charge in [-0.15, -0.1) is 0 Å². The van der Waals surface area contributed by atoms with Crippen LogP contribution >= 0.6 is 38.9 Å². The Morgan fingerprint density at radius 3 is 2.94 bits per heavy atom. The van der Waals surface area contributed by atoms with Crippen LogP contribution in [0.3, 0.4) is 0 Å². The van der Waals surface area contributed by atoms with Crippen molar-refractivity contribution in [3.63, 3.8) is 0 Å². The number of nitrogens with zero attached hydrogens (tertiary/aromatic N) is 1. The van der Waals surface area contributed by atoms with Gasteiger partial charge in [-0.25, -0.2) is 4.98 Å². The first-order valence-corrected chi connectivity index (χ1v) is 6.32. The van der Waals surface area contributed by atoms with Crippen LogP contribution in [0.1, 0.15) is 10.4 Å². The number of anilines is 1. The quantitative estimate of drug-likeness (QED) is 0.915. The lowest BCUT2D eigenvalue weighted by atomic mass is 10.2. The van der Waals surface area contributed by atoms with Gasteiger partial charge in [0.15, 0.2) is 5.13 Å². The van der Waals surface area contributed by atoms with Gasteiger partial charge in [-0.2, -0.15) is 0 Å². The summed E-state index contributed by atoms with van der Waals surface area (Å²) in [6, 6.07) is 6.76. The monoisotopic (exact) mass is 316 g/mol. The van der Waals surface area contributed by atoms with Crippen LogP contribution in [0.4, 0.5) is 5.13 Å². The average molecular weight is 318 g/mol. The van der Waals surface area contributed by atoms with E-state index in [1.165, 1.54) is 11.3 Å². The second-order valence-corrected chi connectivity index (χ2v) is 5.78. The predicted octanol–water partition coefficient (Wildman–Crippen LogP) is 3.81. The number of amides is 1. The molecule has 82 valence electrons. The highest BCUT2D eigenvalue weighted by molar-refractivity contribution is 9.11. The molecule has 0 saturated heterocycles. The van der Waals surface area contributed by atoms with Gasteiger partial charge in [-0.05, 0) is 34.1 Å². The Morgan fingerprint density at radius 2 is 2.31 bits per heavy atom. The van der Waals surface area contributed by atoms with Crippen LogP contribution in [0, 0.1) is 0 Å². The maximum Gasteiger partial charge on any atom is 0.257 e. The Balaban J connectivity index is 2.14. The maximum absolute atomic E-state index is 11.8. The van der Waals surface area contributed by atoms with Crippen LogP contribution in [-0.2, 0) is 0 Å². The molecule has 0 spiro atoms. The molecule has 0 fully saturated rings. The van der Waals surface area contributed by atoms with Crippen LogP contribution in [0.5, 0.6) is 0 Å². The molecule has 1 amide bonds. The number of aromatic nitrogens is 1. The van der Waals surface area contributed by atoms with Gasteiger partial charge in [0.25, 0.3) is 5.91 Å². The van der Waals surface area contributed by atoms with Crippen molar-refractivity contribution in [2.75, 3.05) is 5.32 Å². The minimum absolute atomic E-state index is 0.218. The number of carbonyl (C=O) groups excluding carboxylic acids is 1. The minimum Gasteiger partial charge on any atom is -0.298 e. The molecule has 2 aromatic rings. The molecular weight excluding hydrogens is 312 g/mol. The third-order valence-corrected chi connectivity index (χ3v) is 3.41. The maximum atomic E-state index is 11.8. The number of benzene rings is 1. The summed E-state index contributed by atoms with van der Waals surface area (Å²) in [7, 11) is 0. The average Bonchev–Trinajstić information content (AvgIpc) is 2.64. The fraction of sp³-hybridized carbons (Fsp3) is 0. The van der Waals surface area contributed by atoms with Crippen LogP contribution in [-0.4, -0.2) is 10.9 Å². The van der Waals surface area contributed by atoms with E-state index in [2.05, 4.69) is 26.2 Å². The van der Waals surface area contributed by atoms with Gasteiger partial charge in [0, 0.05) is 10.6 Å². The first kappa shape index (κ1) is 11.6. The lowest BCUT2D eigenvalue weighted by Gasteiger charge is -2.01. The smallest absolute Gasteiger partial charge is 0.257 e. The molecule has 0 bridgehead atoms. The highest BCUT2D eigenvalue weighted by Gasteiger charge is 2.08. The summed E-state index contributed by atoms with van der Waals surface area (Å²) in [5.74, 6) is -0.218. The Labute approximate surface area is 110 Å². The van der Waals surface area contributed by atoms with Crippen LogP contribution in [0.15, 0.2) is 34.2 Å². The van der Waals surface area contributed by atoms with Crippen molar-refractivity contribution in [2.24, 2.45) is 0 Å². The molecule has 0 unspecified atom stereocenters. The van der Waals surface area contributed by atoms with E-state index in [4.69, 9.17) is 11.6 Å². The number of hydrogen-bond acceptors (Lipinski definition) is 3. The summed E-state index contributed by atoms with van der Waals surface area (Å²) in [6.07, 6.45) is 1.64. The van der Waals surface area contributed by atoms with Crippen molar-refractivity contribution < 1.29 is 4.79 Å². The SMILES string of the molecule is O=C(Nc1ncc(Br)s1)c1cccc(Cl)c1. The van der Waals surface area contributed by atoms with Gasteiger partial charge in [-0.1, -0.05) is 29.0 Å². The fourth-order valence-corrected chi connectivity index (χ4v) is 2.40.